The van der Waals surface area contributed by atoms with Crippen molar-refractivity contribution in [1.82, 2.24) is 4.90 Å². The van der Waals surface area contributed by atoms with Crippen molar-refractivity contribution in [2.75, 3.05) is 6.54 Å². The van der Waals surface area contributed by atoms with Gasteiger partial charge in [0.1, 0.15) is 0 Å². The highest BCUT2D eigenvalue weighted by atomic mass is 16.2. The fourth-order valence-electron chi connectivity index (χ4n) is 1.85. The van der Waals surface area contributed by atoms with Gasteiger partial charge in [0.15, 0.2) is 0 Å². The van der Waals surface area contributed by atoms with Gasteiger partial charge in [0.05, 0.1) is 0 Å². The van der Waals surface area contributed by atoms with Gasteiger partial charge in [-0.25, -0.2) is 0 Å². The summed E-state index contributed by atoms with van der Waals surface area (Å²) in [5.41, 5.74) is 0. The zero-order chi connectivity index (χ0) is 9.84. The van der Waals surface area contributed by atoms with Crippen LogP contribution in [0.15, 0.2) is 0 Å². The number of ketones is 1. The van der Waals surface area contributed by atoms with Crippen molar-refractivity contribution < 1.29 is 9.59 Å². The summed E-state index contributed by atoms with van der Waals surface area (Å²) in [6.07, 6.45) is 3.44. The third-order valence-electron chi connectivity index (χ3n) is 2.61. The summed E-state index contributed by atoms with van der Waals surface area (Å²) in [6, 6.07) is 0.281. The fourth-order valence-corrected chi connectivity index (χ4v) is 1.85. The first kappa shape index (κ1) is 10.2. The number of rotatable bonds is 4. The first-order valence-electron chi connectivity index (χ1n) is 5.04. The van der Waals surface area contributed by atoms with E-state index in [4.69, 9.17) is 0 Å². The van der Waals surface area contributed by atoms with Gasteiger partial charge in [-0.2, -0.15) is 0 Å². The van der Waals surface area contributed by atoms with Crippen molar-refractivity contribution in [2.24, 2.45) is 0 Å². The fraction of sp³-hybridized carbons (Fsp3) is 0.800. The minimum atomic E-state index is -0.264. The van der Waals surface area contributed by atoms with Crippen LogP contribution in [0.1, 0.15) is 39.5 Å². The van der Waals surface area contributed by atoms with Crippen molar-refractivity contribution in [3.63, 3.8) is 0 Å². The van der Waals surface area contributed by atoms with E-state index in [1.54, 1.807) is 4.90 Å². The first-order valence-corrected chi connectivity index (χ1v) is 5.04. The quantitative estimate of drug-likeness (QED) is 0.617. The lowest BCUT2D eigenvalue weighted by atomic mass is 10.1. The Labute approximate surface area is 79.1 Å². The number of carbonyl (C=O) groups is 2. The molecule has 0 aromatic heterocycles. The molecule has 0 radical (unpaired) electrons. The van der Waals surface area contributed by atoms with E-state index in [1.807, 2.05) is 0 Å². The summed E-state index contributed by atoms with van der Waals surface area (Å²) < 4.78 is 0. The molecular formula is C10H17NO2. The second-order valence-corrected chi connectivity index (χ2v) is 3.52. The molecule has 1 atom stereocenters. The molecule has 0 saturated carbocycles. The van der Waals surface area contributed by atoms with Gasteiger partial charge >= 0.3 is 0 Å². The monoisotopic (exact) mass is 183 g/mol. The Kier molecular flexibility index (Phi) is 3.46. The summed E-state index contributed by atoms with van der Waals surface area (Å²) >= 11 is 0. The highest BCUT2D eigenvalue weighted by Crippen LogP contribution is 2.16. The highest BCUT2D eigenvalue weighted by Gasteiger charge is 2.32. The van der Waals surface area contributed by atoms with E-state index in [9.17, 15) is 9.59 Å². The standard InChI is InChI=1S/C10H17NO2/c1-3-5-8(4-2)11-7-6-9(12)10(11)13/h8H,3-7H2,1-2H3. The van der Waals surface area contributed by atoms with Gasteiger partial charge < -0.3 is 4.90 Å². The molecule has 1 amide bonds. The molecular weight excluding hydrogens is 166 g/mol. The molecule has 1 saturated heterocycles. The third-order valence-corrected chi connectivity index (χ3v) is 2.61. The van der Waals surface area contributed by atoms with E-state index < -0.39 is 0 Å². The van der Waals surface area contributed by atoms with Crippen LogP contribution in [0.2, 0.25) is 0 Å². The molecule has 1 aliphatic heterocycles. The lowest BCUT2D eigenvalue weighted by Crippen LogP contribution is -2.37. The molecule has 0 bridgehead atoms. The Bertz CT molecular complexity index is 213. The van der Waals surface area contributed by atoms with E-state index in [0.29, 0.717) is 13.0 Å². The topological polar surface area (TPSA) is 37.4 Å². The molecule has 74 valence electrons. The summed E-state index contributed by atoms with van der Waals surface area (Å²) in [4.78, 5) is 24.1. The second kappa shape index (κ2) is 4.40. The summed E-state index contributed by atoms with van der Waals surface area (Å²) in [7, 11) is 0. The lowest BCUT2D eigenvalue weighted by Gasteiger charge is -2.25. The van der Waals surface area contributed by atoms with Crippen LogP contribution in [-0.4, -0.2) is 29.2 Å². The molecule has 1 heterocycles. The lowest BCUT2D eigenvalue weighted by molar-refractivity contribution is -0.141. The Morgan fingerprint density at radius 1 is 1.38 bits per heavy atom. The number of nitrogens with zero attached hydrogens (tertiary/aromatic N) is 1. The van der Waals surface area contributed by atoms with Crippen LogP contribution in [0.3, 0.4) is 0 Å². The summed E-state index contributed by atoms with van der Waals surface area (Å²) in [6.45, 7) is 4.80. The number of hydrogen-bond donors (Lipinski definition) is 0. The molecule has 0 aromatic rings. The van der Waals surface area contributed by atoms with Crippen LogP contribution >= 0.6 is 0 Å². The Morgan fingerprint density at radius 2 is 2.08 bits per heavy atom. The molecule has 1 rings (SSSR count). The number of amides is 1. The van der Waals surface area contributed by atoms with E-state index in [1.165, 1.54) is 0 Å². The molecule has 1 fully saturated rings. The van der Waals surface area contributed by atoms with Crippen LogP contribution in [0.4, 0.5) is 0 Å². The Balaban J connectivity index is 2.59. The van der Waals surface area contributed by atoms with Gasteiger partial charge in [-0.1, -0.05) is 20.3 Å². The summed E-state index contributed by atoms with van der Waals surface area (Å²) in [5.74, 6) is -0.477. The van der Waals surface area contributed by atoms with E-state index >= 15 is 0 Å². The van der Waals surface area contributed by atoms with Crippen molar-refractivity contribution >= 4 is 11.7 Å². The SMILES string of the molecule is CCCC(CC)N1CCC(=O)C1=O. The van der Waals surface area contributed by atoms with Crippen molar-refractivity contribution in [3.05, 3.63) is 0 Å². The Hall–Kier alpha value is -0.860. The maximum absolute atomic E-state index is 11.4. The predicted octanol–water partition coefficient (Wildman–Crippen LogP) is 1.37. The van der Waals surface area contributed by atoms with E-state index in [0.717, 1.165) is 19.3 Å². The largest absolute Gasteiger partial charge is 0.333 e. The Morgan fingerprint density at radius 3 is 2.46 bits per heavy atom. The van der Waals surface area contributed by atoms with Gasteiger partial charge in [-0.15, -0.1) is 0 Å². The van der Waals surface area contributed by atoms with Crippen LogP contribution < -0.4 is 0 Å². The number of hydrogen-bond acceptors (Lipinski definition) is 2. The zero-order valence-corrected chi connectivity index (χ0v) is 8.38. The average molecular weight is 183 g/mol. The molecule has 3 nitrogen and oxygen atoms in total. The van der Waals surface area contributed by atoms with Crippen molar-refractivity contribution in [2.45, 2.75) is 45.6 Å². The molecule has 0 N–H and O–H groups in total. The maximum atomic E-state index is 11.4. The molecule has 0 aromatic carbocycles. The van der Waals surface area contributed by atoms with Crippen LogP contribution in [-0.2, 0) is 9.59 Å². The number of Topliss-reactive ketones (excluding diaryl/α,β-unsaturated/α-hetero) is 1. The highest BCUT2D eigenvalue weighted by molar-refractivity contribution is 6.37. The predicted molar refractivity (Wildman–Crippen MR) is 50.3 cm³/mol. The van der Waals surface area contributed by atoms with Gasteiger partial charge in [-0.3, -0.25) is 9.59 Å². The molecule has 1 aliphatic rings. The smallest absolute Gasteiger partial charge is 0.290 e. The first-order chi connectivity index (χ1) is 6.20. The van der Waals surface area contributed by atoms with Crippen LogP contribution in [0, 0.1) is 0 Å². The van der Waals surface area contributed by atoms with Crippen molar-refractivity contribution in [1.29, 1.82) is 0 Å². The van der Waals surface area contributed by atoms with Gasteiger partial charge in [0.2, 0.25) is 5.78 Å². The van der Waals surface area contributed by atoms with Crippen LogP contribution in [0.25, 0.3) is 0 Å². The normalized spacial score (nSPS) is 19.7. The summed E-state index contributed by atoms with van der Waals surface area (Å²) in [5, 5.41) is 0. The number of carbonyl (C=O) groups excluding carboxylic acids is 2. The van der Waals surface area contributed by atoms with Gasteiger partial charge in [0.25, 0.3) is 5.91 Å². The zero-order valence-electron chi connectivity index (χ0n) is 8.38. The van der Waals surface area contributed by atoms with E-state index in [2.05, 4.69) is 13.8 Å². The van der Waals surface area contributed by atoms with E-state index in [-0.39, 0.29) is 17.7 Å². The second-order valence-electron chi connectivity index (χ2n) is 3.52. The van der Waals surface area contributed by atoms with Gasteiger partial charge in [-0.05, 0) is 12.8 Å². The minimum absolute atomic E-state index is 0.213. The van der Waals surface area contributed by atoms with Gasteiger partial charge in [0, 0.05) is 19.0 Å². The molecule has 1 unspecified atom stereocenters. The molecule has 3 heteroatoms. The maximum Gasteiger partial charge on any atom is 0.290 e. The molecule has 0 spiro atoms. The molecule has 13 heavy (non-hydrogen) atoms. The number of likely N-dealkylation sites (tertiary alicyclic amines) is 1. The third kappa shape index (κ3) is 2.08. The van der Waals surface area contributed by atoms with Crippen LogP contribution in [0.5, 0.6) is 0 Å². The van der Waals surface area contributed by atoms with Crippen molar-refractivity contribution in [3.8, 4) is 0 Å². The molecule has 0 aliphatic carbocycles. The minimum Gasteiger partial charge on any atom is -0.333 e. The average Bonchev–Trinajstić information content (AvgIpc) is 2.45.